The third kappa shape index (κ3) is 5.78. The zero-order chi connectivity index (χ0) is 26.8. The molecular weight excluding hydrogens is 481 g/mol. The first kappa shape index (κ1) is 27.0. The summed E-state index contributed by atoms with van der Waals surface area (Å²) in [5.74, 6) is -1.13. The van der Waals surface area contributed by atoms with Gasteiger partial charge >= 0.3 is 6.18 Å². The third-order valence-electron chi connectivity index (χ3n) is 7.36. The van der Waals surface area contributed by atoms with Crippen LogP contribution in [0.1, 0.15) is 93.1 Å². The van der Waals surface area contributed by atoms with Gasteiger partial charge in [0.1, 0.15) is 5.75 Å². The van der Waals surface area contributed by atoms with Crippen LogP contribution in [0.25, 0.3) is 0 Å². The van der Waals surface area contributed by atoms with Crippen molar-refractivity contribution >= 4 is 17.5 Å². The number of amides is 2. The van der Waals surface area contributed by atoms with Crippen LogP contribution >= 0.6 is 0 Å². The summed E-state index contributed by atoms with van der Waals surface area (Å²) in [4.78, 5) is 28.1. The van der Waals surface area contributed by atoms with Gasteiger partial charge in [0.05, 0.1) is 16.8 Å². The van der Waals surface area contributed by atoms with Crippen molar-refractivity contribution in [2.75, 3.05) is 11.4 Å². The smallest absolute Gasteiger partial charge is 0.417 e. The molecule has 1 saturated carbocycles. The molecular formula is C29H35F3N2O3. The van der Waals surface area contributed by atoms with Crippen molar-refractivity contribution in [3.05, 3.63) is 59.2 Å². The molecule has 4 rings (SSSR count). The van der Waals surface area contributed by atoms with Gasteiger partial charge in [-0.15, -0.1) is 0 Å². The minimum atomic E-state index is -4.77. The number of benzene rings is 2. The number of carbonyl (C=O) groups excluding carboxylic acids is 2. The number of nitrogens with zero attached hydrogens (tertiary/aromatic N) is 1. The first-order valence-corrected chi connectivity index (χ1v) is 13.1. The lowest BCUT2D eigenvalue weighted by atomic mass is 9.80. The Hall–Kier alpha value is -3.03. The molecule has 8 heteroatoms. The number of anilines is 1. The van der Waals surface area contributed by atoms with E-state index in [1.807, 2.05) is 37.3 Å². The molecule has 1 fully saturated rings. The number of rotatable bonds is 7. The predicted molar refractivity (Wildman–Crippen MR) is 137 cm³/mol. The Kier molecular flexibility index (Phi) is 7.85. The first-order valence-electron chi connectivity index (χ1n) is 13.1. The maximum atomic E-state index is 14.2. The molecule has 2 atom stereocenters. The predicted octanol–water partition coefficient (Wildman–Crippen LogP) is 6.86. The molecule has 1 aliphatic heterocycles. The standard InChI is InChI=1S/C29H35F3N2O3/c1-4-5-11-16-34-24-17-21(22(29(30,31)32)18-25(24)37-28(2,3)27(34)36)26(35)33-23-15-10-9-14-20(23)19-12-7-6-8-13-19/h6-8,12-13,17-18,20,23H,4-5,9-11,14-16H2,1-3H3,(H,33,35)/t20-,23-/m0/s1. The van der Waals surface area contributed by atoms with Gasteiger partial charge in [0.2, 0.25) is 0 Å². The minimum absolute atomic E-state index is 0.0297. The summed E-state index contributed by atoms with van der Waals surface area (Å²) >= 11 is 0. The minimum Gasteiger partial charge on any atom is -0.476 e. The van der Waals surface area contributed by atoms with Crippen LogP contribution in [0.5, 0.6) is 5.75 Å². The molecule has 1 N–H and O–H groups in total. The van der Waals surface area contributed by atoms with Gasteiger partial charge in [-0.05, 0) is 50.8 Å². The molecule has 0 aromatic heterocycles. The normalized spacial score (nSPS) is 21.2. The van der Waals surface area contributed by atoms with Crippen LogP contribution in [0.15, 0.2) is 42.5 Å². The summed E-state index contributed by atoms with van der Waals surface area (Å²) in [7, 11) is 0. The van der Waals surface area contributed by atoms with Gasteiger partial charge in [-0.1, -0.05) is 62.9 Å². The molecule has 1 heterocycles. The van der Waals surface area contributed by atoms with E-state index in [1.165, 1.54) is 11.0 Å². The van der Waals surface area contributed by atoms with Crippen LogP contribution in [-0.2, 0) is 11.0 Å². The molecule has 1 aliphatic carbocycles. The molecule has 37 heavy (non-hydrogen) atoms. The van der Waals surface area contributed by atoms with Gasteiger partial charge in [-0.25, -0.2) is 0 Å². The largest absolute Gasteiger partial charge is 0.476 e. The van der Waals surface area contributed by atoms with E-state index in [2.05, 4.69) is 5.32 Å². The number of nitrogens with one attached hydrogen (secondary N) is 1. The molecule has 5 nitrogen and oxygen atoms in total. The van der Waals surface area contributed by atoms with Gasteiger partial charge in [-0.3, -0.25) is 9.59 Å². The van der Waals surface area contributed by atoms with Crippen molar-refractivity contribution in [3.63, 3.8) is 0 Å². The number of halogens is 3. The van der Waals surface area contributed by atoms with Crippen molar-refractivity contribution in [2.24, 2.45) is 0 Å². The van der Waals surface area contributed by atoms with Crippen molar-refractivity contribution in [1.82, 2.24) is 5.32 Å². The molecule has 0 spiro atoms. The highest BCUT2D eigenvalue weighted by Gasteiger charge is 2.44. The Morgan fingerprint density at radius 3 is 2.49 bits per heavy atom. The zero-order valence-corrected chi connectivity index (χ0v) is 21.7. The van der Waals surface area contributed by atoms with E-state index in [4.69, 9.17) is 4.74 Å². The van der Waals surface area contributed by atoms with Crippen LogP contribution in [0, 0.1) is 0 Å². The first-order chi connectivity index (χ1) is 17.5. The molecule has 0 saturated heterocycles. The van der Waals surface area contributed by atoms with E-state index in [0.29, 0.717) is 19.4 Å². The third-order valence-corrected chi connectivity index (χ3v) is 7.36. The van der Waals surface area contributed by atoms with Gasteiger partial charge in [0.25, 0.3) is 11.8 Å². The van der Waals surface area contributed by atoms with Crippen LogP contribution in [-0.4, -0.2) is 30.0 Å². The summed E-state index contributed by atoms with van der Waals surface area (Å²) in [5.41, 5.74) is -1.58. The second-order valence-corrected chi connectivity index (χ2v) is 10.5. The Bertz CT molecular complexity index is 1130. The fraction of sp³-hybridized carbons (Fsp3) is 0.517. The number of ether oxygens (including phenoxy) is 1. The summed E-state index contributed by atoms with van der Waals surface area (Å²) < 4.78 is 48.3. The van der Waals surface area contributed by atoms with Crippen LogP contribution in [0.4, 0.5) is 18.9 Å². The Balaban J connectivity index is 1.71. The number of fused-ring (bicyclic) bond motifs is 1. The van der Waals surface area contributed by atoms with Gasteiger partial charge in [-0.2, -0.15) is 13.2 Å². The van der Waals surface area contributed by atoms with Gasteiger partial charge < -0.3 is 15.0 Å². The molecule has 2 aliphatic rings. The molecule has 2 aromatic carbocycles. The van der Waals surface area contributed by atoms with E-state index in [1.54, 1.807) is 13.8 Å². The number of hydrogen-bond acceptors (Lipinski definition) is 3. The molecule has 2 aromatic rings. The van der Waals surface area contributed by atoms with Gasteiger partial charge in [0.15, 0.2) is 5.60 Å². The average Bonchev–Trinajstić information content (AvgIpc) is 2.86. The molecule has 0 bridgehead atoms. The quantitative estimate of drug-likeness (QED) is 0.409. The van der Waals surface area contributed by atoms with Crippen molar-refractivity contribution in [3.8, 4) is 5.75 Å². The number of hydrogen-bond donors (Lipinski definition) is 1. The van der Waals surface area contributed by atoms with Gasteiger partial charge in [0, 0.05) is 18.5 Å². The maximum Gasteiger partial charge on any atom is 0.417 e. The SMILES string of the molecule is CCCCCN1C(=O)C(C)(C)Oc2cc(C(F)(F)F)c(C(=O)N[C@H]3CCCC[C@H]3c3ccccc3)cc21. The molecule has 0 radical (unpaired) electrons. The van der Waals surface area contributed by atoms with Crippen LogP contribution in [0.3, 0.4) is 0 Å². The monoisotopic (exact) mass is 516 g/mol. The number of unbranched alkanes of at least 4 members (excludes halogenated alkanes) is 2. The summed E-state index contributed by atoms with van der Waals surface area (Å²) in [6.45, 7) is 5.47. The summed E-state index contributed by atoms with van der Waals surface area (Å²) in [5, 5.41) is 2.91. The van der Waals surface area contributed by atoms with E-state index >= 15 is 0 Å². The van der Waals surface area contributed by atoms with Crippen LogP contribution in [0.2, 0.25) is 0 Å². The number of carbonyl (C=O) groups is 2. The van der Waals surface area contributed by atoms with E-state index in [9.17, 15) is 22.8 Å². The fourth-order valence-corrected chi connectivity index (χ4v) is 5.43. The van der Waals surface area contributed by atoms with E-state index < -0.39 is 28.8 Å². The topological polar surface area (TPSA) is 58.6 Å². The second kappa shape index (κ2) is 10.8. The average molecular weight is 517 g/mol. The van der Waals surface area contributed by atoms with E-state index in [0.717, 1.165) is 43.7 Å². The molecule has 0 unspecified atom stereocenters. The lowest BCUT2D eigenvalue weighted by Crippen LogP contribution is -2.53. The van der Waals surface area contributed by atoms with Crippen LogP contribution < -0.4 is 15.0 Å². The fourth-order valence-electron chi connectivity index (χ4n) is 5.43. The van der Waals surface area contributed by atoms with Crippen molar-refractivity contribution in [2.45, 2.75) is 89.5 Å². The lowest BCUT2D eigenvalue weighted by molar-refractivity contribution is -0.138. The lowest BCUT2D eigenvalue weighted by Gasteiger charge is -2.39. The Morgan fingerprint density at radius 2 is 1.81 bits per heavy atom. The van der Waals surface area contributed by atoms with E-state index in [-0.39, 0.29) is 29.3 Å². The zero-order valence-electron chi connectivity index (χ0n) is 21.7. The number of alkyl halides is 3. The molecule has 200 valence electrons. The second-order valence-electron chi connectivity index (χ2n) is 10.5. The molecule has 2 amide bonds. The highest BCUT2D eigenvalue weighted by molar-refractivity contribution is 6.05. The summed E-state index contributed by atoms with van der Waals surface area (Å²) in [6, 6.07) is 11.5. The highest BCUT2D eigenvalue weighted by Crippen LogP contribution is 2.44. The Labute approximate surface area is 216 Å². The van der Waals surface area contributed by atoms with Crippen molar-refractivity contribution in [1.29, 1.82) is 0 Å². The Morgan fingerprint density at radius 1 is 1.11 bits per heavy atom. The highest BCUT2D eigenvalue weighted by atomic mass is 19.4. The van der Waals surface area contributed by atoms with Crippen molar-refractivity contribution < 1.29 is 27.5 Å². The summed E-state index contributed by atoms with van der Waals surface area (Å²) in [6.07, 6.45) is 1.17. The maximum absolute atomic E-state index is 14.2.